The predicted molar refractivity (Wildman–Crippen MR) is 69.8 cm³/mol. The van der Waals surface area contributed by atoms with Gasteiger partial charge in [0.2, 0.25) is 0 Å². The minimum Gasteiger partial charge on any atom is -0.507 e. The Morgan fingerprint density at radius 1 is 1.10 bits per heavy atom. The summed E-state index contributed by atoms with van der Waals surface area (Å²) in [7, 11) is 0. The fourth-order valence-corrected chi connectivity index (χ4v) is 1.77. The number of aromatic hydroxyl groups is 1. The van der Waals surface area contributed by atoms with Gasteiger partial charge in [0, 0.05) is 5.69 Å². The third kappa shape index (κ3) is 3.25. The van der Waals surface area contributed by atoms with Crippen LogP contribution >= 0.6 is 0 Å². The molecule has 4 nitrogen and oxygen atoms in total. The molecule has 0 unspecified atom stereocenters. The van der Waals surface area contributed by atoms with E-state index in [1.807, 2.05) is 0 Å². The van der Waals surface area contributed by atoms with Crippen molar-refractivity contribution in [3.63, 3.8) is 0 Å². The van der Waals surface area contributed by atoms with Crippen molar-refractivity contribution < 1.29 is 28.2 Å². The lowest BCUT2D eigenvalue weighted by molar-refractivity contribution is -0.138. The summed E-state index contributed by atoms with van der Waals surface area (Å²) < 4.78 is 38.1. The van der Waals surface area contributed by atoms with Crippen molar-refractivity contribution in [1.82, 2.24) is 0 Å². The molecule has 0 heterocycles. The van der Waals surface area contributed by atoms with E-state index in [1.165, 1.54) is 24.3 Å². The van der Waals surface area contributed by atoms with Gasteiger partial charge in [-0.2, -0.15) is 13.2 Å². The van der Waals surface area contributed by atoms with Gasteiger partial charge in [-0.25, -0.2) is 4.79 Å². The van der Waals surface area contributed by atoms with Gasteiger partial charge in [-0.05, 0) is 30.3 Å². The van der Waals surface area contributed by atoms with Crippen molar-refractivity contribution in [2.24, 2.45) is 0 Å². The number of carboxylic acids is 1. The molecule has 0 spiro atoms. The molecule has 0 atom stereocenters. The van der Waals surface area contributed by atoms with Crippen LogP contribution in [-0.2, 0) is 6.18 Å². The average molecular weight is 297 g/mol. The van der Waals surface area contributed by atoms with E-state index < -0.39 is 23.5 Å². The Labute approximate surface area is 117 Å². The van der Waals surface area contributed by atoms with Crippen LogP contribution in [0.2, 0.25) is 0 Å². The molecule has 0 amide bonds. The summed E-state index contributed by atoms with van der Waals surface area (Å²) in [5, 5.41) is 20.9. The summed E-state index contributed by atoms with van der Waals surface area (Å²) in [5.41, 5.74) is -1.09. The minimum atomic E-state index is -4.70. The van der Waals surface area contributed by atoms with Crippen LogP contribution in [0.15, 0.2) is 42.5 Å². The molecule has 0 bridgehead atoms. The van der Waals surface area contributed by atoms with Gasteiger partial charge in [0.05, 0.1) is 16.8 Å². The Morgan fingerprint density at radius 2 is 1.76 bits per heavy atom. The zero-order valence-corrected chi connectivity index (χ0v) is 10.5. The Balaban J connectivity index is 2.40. The first-order valence-corrected chi connectivity index (χ1v) is 5.78. The molecule has 21 heavy (non-hydrogen) atoms. The lowest BCUT2D eigenvalue weighted by Gasteiger charge is -2.13. The van der Waals surface area contributed by atoms with Gasteiger partial charge in [0.15, 0.2) is 0 Å². The number of phenolic OH excluding ortho intramolecular Hbond substituents is 1. The second-order valence-electron chi connectivity index (χ2n) is 4.21. The van der Waals surface area contributed by atoms with Crippen molar-refractivity contribution in [1.29, 1.82) is 0 Å². The molecule has 110 valence electrons. The number of hydrogen-bond donors (Lipinski definition) is 3. The number of para-hydroxylation sites is 1. The molecule has 2 rings (SSSR count). The third-order valence-electron chi connectivity index (χ3n) is 2.74. The molecule has 0 saturated heterocycles. The van der Waals surface area contributed by atoms with Gasteiger partial charge in [-0.3, -0.25) is 0 Å². The average Bonchev–Trinajstić information content (AvgIpc) is 2.40. The van der Waals surface area contributed by atoms with Gasteiger partial charge in [0.25, 0.3) is 0 Å². The Hall–Kier alpha value is -2.70. The number of nitrogens with one attached hydrogen (secondary N) is 1. The smallest absolute Gasteiger partial charge is 0.420 e. The fourth-order valence-electron chi connectivity index (χ4n) is 1.77. The molecule has 0 radical (unpaired) electrons. The molecule has 0 saturated carbocycles. The monoisotopic (exact) mass is 297 g/mol. The summed E-state index contributed by atoms with van der Waals surface area (Å²) in [4.78, 5) is 11.0. The van der Waals surface area contributed by atoms with Crippen LogP contribution in [-0.4, -0.2) is 16.2 Å². The van der Waals surface area contributed by atoms with E-state index in [-0.39, 0.29) is 16.9 Å². The molecule has 0 fully saturated rings. The summed E-state index contributed by atoms with van der Waals surface area (Å²) in [6, 6.07) is 8.66. The maximum Gasteiger partial charge on any atom is 0.420 e. The van der Waals surface area contributed by atoms with Gasteiger partial charge >= 0.3 is 12.1 Å². The lowest BCUT2D eigenvalue weighted by Crippen LogP contribution is -2.07. The first kappa shape index (κ1) is 14.7. The topological polar surface area (TPSA) is 69.6 Å². The van der Waals surface area contributed by atoms with Crippen LogP contribution in [0.3, 0.4) is 0 Å². The fraction of sp³-hybridized carbons (Fsp3) is 0.0714. The number of phenols is 1. The molecule has 2 aromatic rings. The predicted octanol–water partition coefficient (Wildman–Crippen LogP) is 3.85. The summed E-state index contributed by atoms with van der Waals surface area (Å²) >= 11 is 0. The van der Waals surface area contributed by atoms with Gasteiger partial charge < -0.3 is 15.5 Å². The van der Waals surface area contributed by atoms with Crippen molar-refractivity contribution >= 4 is 17.3 Å². The number of rotatable bonds is 3. The number of carbonyl (C=O) groups is 1. The maximum absolute atomic E-state index is 12.7. The van der Waals surface area contributed by atoms with Crippen LogP contribution in [0.25, 0.3) is 0 Å². The minimum absolute atomic E-state index is 0.0221. The van der Waals surface area contributed by atoms with E-state index >= 15 is 0 Å². The second-order valence-corrected chi connectivity index (χ2v) is 4.21. The Bertz CT molecular complexity index is 683. The number of benzene rings is 2. The summed E-state index contributed by atoms with van der Waals surface area (Å²) in [5.74, 6) is -2.09. The Kier molecular flexibility index (Phi) is 3.75. The number of anilines is 2. The van der Waals surface area contributed by atoms with E-state index in [9.17, 15) is 23.1 Å². The highest BCUT2D eigenvalue weighted by molar-refractivity contribution is 5.95. The molecule has 0 aliphatic rings. The zero-order valence-electron chi connectivity index (χ0n) is 10.5. The lowest BCUT2D eigenvalue weighted by atomic mass is 10.1. The van der Waals surface area contributed by atoms with Crippen LogP contribution in [0.5, 0.6) is 5.75 Å². The van der Waals surface area contributed by atoms with Gasteiger partial charge in [-0.15, -0.1) is 0 Å². The molecule has 3 N–H and O–H groups in total. The van der Waals surface area contributed by atoms with Crippen molar-refractivity contribution in [2.45, 2.75) is 6.18 Å². The molecule has 2 aromatic carbocycles. The number of alkyl halides is 3. The first-order chi connectivity index (χ1) is 9.79. The molecule has 0 aliphatic heterocycles. The van der Waals surface area contributed by atoms with Gasteiger partial charge in [0.1, 0.15) is 5.75 Å². The first-order valence-electron chi connectivity index (χ1n) is 5.78. The van der Waals surface area contributed by atoms with E-state index in [4.69, 9.17) is 5.11 Å². The normalized spacial score (nSPS) is 11.2. The molecule has 7 heteroatoms. The highest BCUT2D eigenvalue weighted by Gasteiger charge is 2.34. The zero-order chi connectivity index (χ0) is 15.6. The largest absolute Gasteiger partial charge is 0.507 e. The third-order valence-corrected chi connectivity index (χ3v) is 2.74. The van der Waals surface area contributed by atoms with Crippen LogP contribution < -0.4 is 5.32 Å². The van der Waals surface area contributed by atoms with Crippen LogP contribution in [0.4, 0.5) is 24.5 Å². The number of carboxylic acid groups (broad SMARTS) is 1. The SMILES string of the molecule is O=C(O)c1ccccc1Nc1ccc(O)c(C(F)(F)F)c1. The van der Waals surface area contributed by atoms with Gasteiger partial charge in [-0.1, -0.05) is 12.1 Å². The highest BCUT2D eigenvalue weighted by atomic mass is 19.4. The van der Waals surface area contributed by atoms with E-state index in [0.29, 0.717) is 6.07 Å². The number of halogens is 3. The van der Waals surface area contributed by atoms with Crippen molar-refractivity contribution in [3.05, 3.63) is 53.6 Å². The molecule has 0 aliphatic carbocycles. The van der Waals surface area contributed by atoms with Crippen LogP contribution in [0.1, 0.15) is 15.9 Å². The van der Waals surface area contributed by atoms with Crippen molar-refractivity contribution in [3.8, 4) is 5.75 Å². The summed E-state index contributed by atoms with van der Waals surface area (Å²) in [6.07, 6.45) is -4.70. The quantitative estimate of drug-likeness (QED) is 0.753. The molecular weight excluding hydrogens is 287 g/mol. The van der Waals surface area contributed by atoms with Crippen molar-refractivity contribution in [2.75, 3.05) is 5.32 Å². The number of aromatic carboxylic acids is 1. The molecular formula is C14H10F3NO3. The highest BCUT2D eigenvalue weighted by Crippen LogP contribution is 2.37. The summed E-state index contributed by atoms with van der Waals surface area (Å²) in [6.45, 7) is 0. The number of hydrogen-bond acceptors (Lipinski definition) is 3. The maximum atomic E-state index is 12.7. The molecule has 0 aromatic heterocycles. The Morgan fingerprint density at radius 3 is 2.38 bits per heavy atom. The van der Waals surface area contributed by atoms with E-state index in [0.717, 1.165) is 6.07 Å². The van der Waals surface area contributed by atoms with E-state index in [1.54, 1.807) is 6.07 Å². The van der Waals surface area contributed by atoms with E-state index in [2.05, 4.69) is 5.32 Å². The van der Waals surface area contributed by atoms with Crippen LogP contribution in [0, 0.1) is 0 Å². The second kappa shape index (κ2) is 5.35. The standard InChI is InChI=1S/C14H10F3NO3/c15-14(16,17)10-7-8(5-6-12(10)19)18-11-4-2-1-3-9(11)13(20)21/h1-7,18-19H,(H,20,21).